The van der Waals surface area contributed by atoms with Crippen molar-refractivity contribution >= 4 is 0 Å². The first-order valence-corrected chi connectivity index (χ1v) is 5.00. The molecule has 1 fully saturated rings. The van der Waals surface area contributed by atoms with Crippen LogP contribution in [0.3, 0.4) is 0 Å². The van der Waals surface area contributed by atoms with E-state index in [9.17, 15) is 9.50 Å². The third kappa shape index (κ3) is 1.36. The molecule has 0 spiro atoms. The quantitative estimate of drug-likeness (QED) is 0.776. The van der Waals surface area contributed by atoms with Crippen molar-refractivity contribution in [3.8, 4) is 0 Å². The molecule has 0 saturated heterocycles. The molecular weight excluding hydrogens is 195 g/mol. The molecule has 0 bridgehead atoms. The highest BCUT2D eigenvalue weighted by Crippen LogP contribution is 2.63. The van der Waals surface area contributed by atoms with Gasteiger partial charge in [0.05, 0.1) is 12.8 Å². The SMILES string of the molecule is CC1(c2cncc(F)c2)CC1(CN)CO. The highest BCUT2D eigenvalue weighted by molar-refractivity contribution is 5.36. The molecule has 1 aromatic heterocycles. The number of aliphatic hydroxyl groups is 1. The van der Waals surface area contributed by atoms with Crippen LogP contribution in [0, 0.1) is 11.2 Å². The molecule has 1 aromatic rings. The number of nitrogens with zero attached hydrogens (tertiary/aromatic N) is 1. The van der Waals surface area contributed by atoms with Crippen LogP contribution in [-0.4, -0.2) is 23.2 Å². The van der Waals surface area contributed by atoms with E-state index >= 15 is 0 Å². The summed E-state index contributed by atoms with van der Waals surface area (Å²) in [6.45, 7) is 2.44. The Morgan fingerprint density at radius 1 is 1.60 bits per heavy atom. The lowest BCUT2D eigenvalue weighted by Crippen LogP contribution is -2.28. The largest absolute Gasteiger partial charge is 0.396 e. The monoisotopic (exact) mass is 210 g/mol. The number of pyridine rings is 1. The molecule has 3 N–H and O–H groups in total. The summed E-state index contributed by atoms with van der Waals surface area (Å²) in [7, 11) is 0. The topological polar surface area (TPSA) is 59.1 Å². The Morgan fingerprint density at radius 3 is 2.80 bits per heavy atom. The maximum atomic E-state index is 13.0. The fourth-order valence-electron chi connectivity index (χ4n) is 2.35. The molecule has 82 valence electrons. The molecule has 1 heterocycles. The van der Waals surface area contributed by atoms with Gasteiger partial charge in [-0.15, -0.1) is 0 Å². The Labute approximate surface area is 88.1 Å². The van der Waals surface area contributed by atoms with E-state index in [2.05, 4.69) is 4.98 Å². The summed E-state index contributed by atoms with van der Waals surface area (Å²) >= 11 is 0. The molecule has 2 unspecified atom stereocenters. The van der Waals surface area contributed by atoms with Gasteiger partial charge >= 0.3 is 0 Å². The number of aliphatic hydroxyl groups excluding tert-OH is 1. The van der Waals surface area contributed by atoms with Crippen LogP contribution in [0.1, 0.15) is 18.9 Å². The van der Waals surface area contributed by atoms with E-state index in [0.717, 1.165) is 12.0 Å². The van der Waals surface area contributed by atoms with Crippen LogP contribution in [0.15, 0.2) is 18.5 Å². The lowest BCUT2D eigenvalue weighted by Gasteiger charge is -2.19. The van der Waals surface area contributed by atoms with E-state index < -0.39 is 0 Å². The molecule has 1 aliphatic carbocycles. The Bertz CT molecular complexity index is 379. The van der Waals surface area contributed by atoms with Gasteiger partial charge in [-0.2, -0.15) is 0 Å². The molecule has 15 heavy (non-hydrogen) atoms. The third-order valence-electron chi connectivity index (χ3n) is 3.77. The summed E-state index contributed by atoms with van der Waals surface area (Å²) in [6, 6.07) is 1.47. The molecule has 4 heteroatoms. The first kappa shape index (κ1) is 10.5. The van der Waals surface area contributed by atoms with Crippen molar-refractivity contribution in [1.29, 1.82) is 0 Å². The average Bonchev–Trinajstić information content (AvgIpc) is 2.87. The Kier molecular flexibility index (Phi) is 2.28. The van der Waals surface area contributed by atoms with Gasteiger partial charge < -0.3 is 10.8 Å². The van der Waals surface area contributed by atoms with E-state index in [1.54, 1.807) is 6.20 Å². The van der Waals surface area contributed by atoms with Crippen molar-refractivity contribution in [2.75, 3.05) is 13.2 Å². The first-order chi connectivity index (χ1) is 7.08. The van der Waals surface area contributed by atoms with Crippen LogP contribution >= 0.6 is 0 Å². The highest BCUT2D eigenvalue weighted by Gasteiger charge is 2.63. The van der Waals surface area contributed by atoms with Crippen molar-refractivity contribution in [1.82, 2.24) is 4.98 Å². The number of halogens is 1. The van der Waals surface area contributed by atoms with Gasteiger partial charge in [-0.25, -0.2) is 4.39 Å². The van der Waals surface area contributed by atoms with Crippen LogP contribution in [0.4, 0.5) is 4.39 Å². The second-order valence-corrected chi connectivity index (χ2v) is 4.54. The minimum absolute atomic E-state index is 0.0382. The van der Waals surface area contributed by atoms with Crippen molar-refractivity contribution in [3.05, 3.63) is 29.8 Å². The first-order valence-electron chi connectivity index (χ1n) is 5.00. The second kappa shape index (κ2) is 3.25. The lowest BCUT2D eigenvalue weighted by atomic mass is 9.89. The zero-order valence-corrected chi connectivity index (χ0v) is 8.70. The maximum absolute atomic E-state index is 13.0. The molecule has 3 nitrogen and oxygen atoms in total. The van der Waals surface area contributed by atoms with E-state index in [1.165, 1.54) is 12.3 Å². The van der Waals surface area contributed by atoms with Crippen molar-refractivity contribution in [3.63, 3.8) is 0 Å². The minimum Gasteiger partial charge on any atom is -0.396 e. The van der Waals surface area contributed by atoms with E-state index in [0.29, 0.717) is 6.54 Å². The van der Waals surface area contributed by atoms with Gasteiger partial charge in [-0.1, -0.05) is 6.92 Å². The van der Waals surface area contributed by atoms with Crippen LogP contribution in [0.25, 0.3) is 0 Å². The molecule has 0 radical (unpaired) electrons. The van der Waals surface area contributed by atoms with Crippen molar-refractivity contribution < 1.29 is 9.50 Å². The van der Waals surface area contributed by atoms with Crippen LogP contribution in [0.2, 0.25) is 0 Å². The second-order valence-electron chi connectivity index (χ2n) is 4.54. The number of nitrogens with two attached hydrogens (primary N) is 1. The van der Waals surface area contributed by atoms with E-state index in [4.69, 9.17) is 5.73 Å². The molecule has 0 aromatic carbocycles. The number of hydrogen-bond acceptors (Lipinski definition) is 3. The molecule has 0 aliphatic heterocycles. The van der Waals surface area contributed by atoms with Crippen molar-refractivity contribution in [2.45, 2.75) is 18.8 Å². The van der Waals surface area contributed by atoms with Crippen LogP contribution in [-0.2, 0) is 5.41 Å². The Morgan fingerprint density at radius 2 is 2.33 bits per heavy atom. The van der Waals surface area contributed by atoms with Gasteiger partial charge in [-0.05, 0) is 18.1 Å². The van der Waals surface area contributed by atoms with Gasteiger partial charge in [0.1, 0.15) is 5.82 Å². The molecule has 1 aliphatic rings. The summed E-state index contributed by atoms with van der Waals surface area (Å²) in [6.07, 6.45) is 3.62. The average molecular weight is 210 g/mol. The fourth-order valence-corrected chi connectivity index (χ4v) is 2.35. The van der Waals surface area contributed by atoms with E-state index in [1.807, 2.05) is 6.92 Å². The lowest BCUT2D eigenvalue weighted by molar-refractivity contribution is 0.198. The zero-order valence-electron chi connectivity index (χ0n) is 8.70. The van der Waals surface area contributed by atoms with Gasteiger partial charge in [0.2, 0.25) is 0 Å². The predicted molar refractivity (Wildman–Crippen MR) is 54.7 cm³/mol. The maximum Gasteiger partial charge on any atom is 0.141 e. The van der Waals surface area contributed by atoms with Gasteiger partial charge in [0.25, 0.3) is 0 Å². The summed E-state index contributed by atoms with van der Waals surface area (Å²) < 4.78 is 13.0. The third-order valence-corrected chi connectivity index (χ3v) is 3.77. The fraction of sp³-hybridized carbons (Fsp3) is 0.545. The van der Waals surface area contributed by atoms with Crippen LogP contribution < -0.4 is 5.73 Å². The van der Waals surface area contributed by atoms with Crippen molar-refractivity contribution in [2.24, 2.45) is 11.1 Å². The number of rotatable bonds is 3. The molecule has 1 saturated carbocycles. The smallest absolute Gasteiger partial charge is 0.141 e. The predicted octanol–water partition coefficient (Wildman–Crippen LogP) is 0.819. The highest BCUT2D eigenvalue weighted by atomic mass is 19.1. The zero-order chi connectivity index (χ0) is 11.1. The molecule has 2 rings (SSSR count). The Hall–Kier alpha value is -1.00. The molecular formula is C11H15FN2O. The normalized spacial score (nSPS) is 34.1. The molecule has 0 amide bonds. The molecule has 2 atom stereocenters. The Balaban J connectivity index is 2.34. The number of aromatic nitrogens is 1. The van der Waals surface area contributed by atoms with Gasteiger partial charge in [-0.3, -0.25) is 4.98 Å². The summed E-state index contributed by atoms with van der Waals surface area (Å²) in [5.41, 5.74) is 5.96. The van der Waals surface area contributed by atoms with E-state index in [-0.39, 0.29) is 23.3 Å². The van der Waals surface area contributed by atoms with Gasteiger partial charge in [0.15, 0.2) is 0 Å². The summed E-state index contributed by atoms with van der Waals surface area (Å²) in [5.74, 6) is -0.343. The summed E-state index contributed by atoms with van der Waals surface area (Å²) in [5, 5.41) is 9.33. The van der Waals surface area contributed by atoms with Gasteiger partial charge in [0, 0.05) is 23.6 Å². The number of hydrogen-bond donors (Lipinski definition) is 2. The standard InChI is InChI=1S/C11H15FN2O/c1-10(5-11(10,6-13)7-15)8-2-9(12)4-14-3-8/h2-4,15H,5-7,13H2,1H3. The minimum atomic E-state index is -0.343. The van der Waals surface area contributed by atoms with Crippen LogP contribution in [0.5, 0.6) is 0 Å². The summed E-state index contributed by atoms with van der Waals surface area (Å²) in [4.78, 5) is 3.83.